The highest BCUT2D eigenvalue weighted by molar-refractivity contribution is 7.90. The first-order chi connectivity index (χ1) is 16.4. The van der Waals surface area contributed by atoms with Gasteiger partial charge < -0.3 is 10.6 Å². The molecule has 0 saturated heterocycles. The van der Waals surface area contributed by atoms with Crippen LogP contribution in [0.15, 0.2) is 78.2 Å². The summed E-state index contributed by atoms with van der Waals surface area (Å²) in [7, 11) is -2.37. The molecule has 1 aromatic carbocycles. The van der Waals surface area contributed by atoms with Gasteiger partial charge in [-0.2, -0.15) is 5.26 Å². The van der Waals surface area contributed by atoms with Crippen LogP contribution in [-0.4, -0.2) is 29.4 Å². The molecule has 4 rings (SSSR count). The van der Waals surface area contributed by atoms with E-state index in [0.29, 0.717) is 29.1 Å². The Bertz CT molecular complexity index is 1460. The number of nitrogens with one attached hydrogen (secondary N) is 2. The van der Waals surface area contributed by atoms with Gasteiger partial charge in [-0.3, -0.25) is 4.98 Å². The van der Waals surface area contributed by atoms with Gasteiger partial charge in [-0.1, -0.05) is 12.1 Å². The van der Waals surface area contributed by atoms with E-state index in [1.165, 1.54) is 30.9 Å². The van der Waals surface area contributed by atoms with Crippen molar-refractivity contribution in [2.24, 2.45) is 0 Å². The van der Waals surface area contributed by atoms with Crippen LogP contribution in [-0.2, 0) is 23.1 Å². The topological polar surface area (TPSA) is 113 Å². The predicted octanol–water partition coefficient (Wildman–Crippen LogP) is 3.52. The molecule has 0 aliphatic heterocycles. The van der Waals surface area contributed by atoms with Crippen molar-refractivity contribution in [3.8, 4) is 17.3 Å². The number of benzene rings is 1. The fourth-order valence-electron chi connectivity index (χ4n) is 3.51. The third kappa shape index (κ3) is 4.66. The molecule has 0 saturated carbocycles. The van der Waals surface area contributed by atoms with Gasteiger partial charge in [0.1, 0.15) is 22.6 Å². The maximum absolute atomic E-state index is 14.6. The molecule has 10 heteroatoms. The Kier molecular flexibility index (Phi) is 6.67. The average molecular weight is 477 g/mol. The SMILES string of the molecule is CNCc1cc(-c2ccccc2F)n(S(=O)(=O)c2cnccc2CNc2ccc(C#N)cn2)c1. The molecule has 0 atom stereocenters. The van der Waals surface area contributed by atoms with Gasteiger partial charge in [-0.25, -0.2) is 21.8 Å². The quantitative estimate of drug-likeness (QED) is 0.400. The molecule has 34 heavy (non-hydrogen) atoms. The van der Waals surface area contributed by atoms with Crippen molar-refractivity contribution in [1.82, 2.24) is 19.3 Å². The molecule has 3 heterocycles. The Morgan fingerprint density at radius 3 is 2.65 bits per heavy atom. The summed E-state index contributed by atoms with van der Waals surface area (Å²) in [5.41, 5.74) is 1.97. The minimum absolute atomic E-state index is 0.0136. The summed E-state index contributed by atoms with van der Waals surface area (Å²) in [5.74, 6) is -0.0310. The summed E-state index contributed by atoms with van der Waals surface area (Å²) in [4.78, 5) is 8.16. The third-order valence-corrected chi connectivity index (χ3v) is 6.88. The van der Waals surface area contributed by atoms with Gasteiger partial charge in [0.25, 0.3) is 10.0 Å². The van der Waals surface area contributed by atoms with E-state index in [1.807, 2.05) is 6.07 Å². The van der Waals surface area contributed by atoms with Gasteiger partial charge in [0.05, 0.1) is 11.3 Å². The first-order valence-electron chi connectivity index (χ1n) is 10.3. The monoisotopic (exact) mass is 476 g/mol. The van der Waals surface area contributed by atoms with Gasteiger partial charge in [-0.05, 0) is 54.6 Å². The van der Waals surface area contributed by atoms with Crippen LogP contribution in [0.5, 0.6) is 0 Å². The van der Waals surface area contributed by atoms with E-state index in [9.17, 15) is 12.8 Å². The van der Waals surface area contributed by atoms with Crippen LogP contribution in [0.25, 0.3) is 11.3 Å². The second kappa shape index (κ2) is 9.82. The summed E-state index contributed by atoms with van der Waals surface area (Å²) >= 11 is 0. The first-order valence-corrected chi connectivity index (χ1v) is 11.8. The van der Waals surface area contributed by atoms with Crippen LogP contribution in [0.3, 0.4) is 0 Å². The smallest absolute Gasteiger partial charge is 0.270 e. The van der Waals surface area contributed by atoms with Gasteiger partial charge in [-0.15, -0.1) is 0 Å². The van der Waals surface area contributed by atoms with Gasteiger partial charge >= 0.3 is 0 Å². The molecule has 0 aliphatic carbocycles. The lowest BCUT2D eigenvalue weighted by Gasteiger charge is -2.14. The lowest BCUT2D eigenvalue weighted by molar-refractivity contribution is 0.586. The molecule has 0 spiro atoms. The van der Waals surface area contributed by atoms with Crippen molar-refractivity contribution in [3.63, 3.8) is 0 Å². The molecule has 2 N–H and O–H groups in total. The van der Waals surface area contributed by atoms with E-state index in [4.69, 9.17) is 5.26 Å². The number of halogens is 1. The Balaban J connectivity index is 1.74. The highest BCUT2D eigenvalue weighted by Gasteiger charge is 2.26. The Labute approximate surface area is 196 Å². The average Bonchev–Trinajstić information content (AvgIpc) is 3.28. The van der Waals surface area contributed by atoms with Crippen LogP contribution in [0.2, 0.25) is 0 Å². The third-order valence-electron chi connectivity index (χ3n) is 5.13. The maximum Gasteiger partial charge on any atom is 0.270 e. The van der Waals surface area contributed by atoms with Crippen LogP contribution < -0.4 is 10.6 Å². The lowest BCUT2D eigenvalue weighted by atomic mass is 10.1. The van der Waals surface area contributed by atoms with Crippen molar-refractivity contribution in [3.05, 3.63) is 95.8 Å². The summed E-state index contributed by atoms with van der Waals surface area (Å²) in [6, 6.07) is 14.6. The number of hydrogen-bond acceptors (Lipinski definition) is 7. The summed E-state index contributed by atoms with van der Waals surface area (Å²) in [6.07, 6.45) is 5.69. The maximum atomic E-state index is 14.6. The molecular weight excluding hydrogens is 455 g/mol. The molecule has 172 valence electrons. The normalized spacial score (nSPS) is 11.2. The zero-order valence-corrected chi connectivity index (χ0v) is 19.1. The van der Waals surface area contributed by atoms with Crippen molar-refractivity contribution < 1.29 is 12.8 Å². The van der Waals surface area contributed by atoms with E-state index in [-0.39, 0.29) is 22.7 Å². The number of rotatable bonds is 8. The summed E-state index contributed by atoms with van der Waals surface area (Å²) in [6.45, 7) is 0.561. The van der Waals surface area contributed by atoms with Crippen molar-refractivity contribution in [1.29, 1.82) is 5.26 Å². The van der Waals surface area contributed by atoms with Crippen LogP contribution in [0.4, 0.5) is 10.2 Å². The number of nitriles is 1. The van der Waals surface area contributed by atoms with Crippen molar-refractivity contribution >= 4 is 15.8 Å². The summed E-state index contributed by atoms with van der Waals surface area (Å²) < 4.78 is 43.3. The molecule has 4 aromatic rings. The minimum atomic E-state index is -4.12. The molecule has 0 bridgehead atoms. The fourth-order valence-corrected chi connectivity index (χ4v) is 5.07. The second-order valence-electron chi connectivity index (χ2n) is 7.43. The molecule has 8 nitrogen and oxygen atoms in total. The highest BCUT2D eigenvalue weighted by Crippen LogP contribution is 2.30. The largest absolute Gasteiger partial charge is 0.366 e. The molecule has 3 aromatic heterocycles. The molecule has 0 unspecified atom stereocenters. The van der Waals surface area contributed by atoms with E-state index in [1.54, 1.807) is 49.5 Å². The zero-order valence-electron chi connectivity index (χ0n) is 18.2. The van der Waals surface area contributed by atoms with Gasteiger partial charge in [0.2, 0.25) is 0 Å². The first kappa shape index (κ1) is 23.1. The Morgan fingerprint density at radius 2 is 1.94 bits per heavy atom. The van der Waals surface area contributed by atoms with Crippen LogP contribution in [0, 0.1) is 17.1 Å². The molecule has 0 fully saturated rings. The second-order valence-corrected chi connectivity index (χ2v) is 9.21. The van der Waals surface area contributed by atoms with Gasteiger partial charge in [0, 0.05) is 43.4 Å². The Hall–Kier alpha value is -4.07. The zero-order chi connectivity index (χ0) is 24.1. The number of anilines is 1. The van der Waals surface area contributed by atoms with E-state index in [0.717, 1.165) is 3.97 Å². The van der Waals surface area contributed by atoms with Crippen molar-refractivity contribution in [2.75, 3.05) is 12.4 Å². The highest BCUT2D eigenvalue weighted by atomic mass is 32.2. The van der Waals surface area contributed by atoms with Gasteiger partial charge in [0.15, 0.2) is 0 Å². The Morgan fingerprint density at radius 1 is 1.12 bits per heavy atom. The fraction of sp³-hybridized carbons (Fsp3) is 0.125. The summed E-state index contributed by atoms with van der Waals surface area (Å²) in [5, 5.41) is 15.0. The number of nitrogens with zero attached hydrogens (tertiary/aromatic N) is 4. The number of aromatic nitrogens is 3. The van der Waals surface area contributed by atoms with E-state index < -0.39 is 15.8 Å². The number of hydrogen-bond donors (Lipinski definition) is 2. The minimum Gasteiger partial charge on any atom is -0.366 e. The van der Waals surface area contributed by atoms with E-state index in [2.05, 4.69) is 20.6 Å². The number of pyridine rings is 2. The standard InChI is InChI=1S/C24H21FN6O2S/c1-27-12-18-10-22(20-4-2-3-5-21(20)25)31(16-18)34(32,33)23-15-28-9-8-19(23)14-30-24-7-6-17(11-26)13-29-24/h2-10,13,15-16,27H,12,14H2,1H3,(H,29,30). The van der Waals surface area contributed by atoms with Crippen LogP contribution in [0.1, 0.15) is 16.7 Å². The molecular formula is C24H21FN6O2S. The van der Waals surface area contributed by atoms with Crippen LogP contribution >= 0.6 is 0 Å². The lowest BCUT2D eigenvalue weighted by Crippen LogP contribution is -2.17. The van der Waals surface area contributed by atoms with Crippen molar-refractivity contribution in [2.45, 2.75) is 18.0 Å². The molecule has 0 aliphatic rings. The molecule has 0 radical (unpaired) electrons. The van der Waals surface area contributed by atoms with E-state index >= 15 is 0 Å². The molecule has 0 amide bonds. The predicted molar refractivity (Wildman–Crippen MR) is 126 cm³/mol.